The highest BCUT2D eigenvalue weighted by atomic mass is 16.2. The molecule has 0 aromatic heterocycles. The van der Waals surface area contributed by atoms with E-state index in [2.05, 4.69) is 73.0 Å². The zero-order valence-electron chi connectivity index (χ0n) is 22.1. The van der Waals surface area contributed by atoms with Gasteiger partial charge in [0.05, 0.1) is 0 Å². The van der Waals surface area contributed by atoms with E-state index in [1.807, 2.05) is 19.1 Å². The van der Waals surface area contributed by atoms with Crippen LogP contribution < -0.4 is 10.6 Å². The van der Waals surface area contributed by atoms with Crippen molar-refractivity contribution in [1.29, 1.82) is 0 Å². The van der Waals surface area contributed by atoms with Crippen LogP contribution in [0.5, 0.6) is 0 Å². The standard InChI is InChI=1S/C31H46N2O2/c1-4-6-7-8-9-10-17-22-29(34)33-30(25(3)5-2)31(35)32-24-23-28(26-18-13-11-14-19-26)27-20-15-12-16-21-27/h11-16,18-21,25,28,30H,4-10,17,22-24H2,1-3H3,(H,32,35)(H,33,34). The second-order valence-corrected chi connectivity index (χ2v) is 9.76. The maximum Gasteiger partial charge on any atom is 0.242 e. The molecular formula is C31H46N2O2. The number of hydrogen-bond donors (Lipinski definition) is 2. The van der Waals surface area contributed by atoms with Crippen molar-refractivity contribution in [3.05, 3.63) is 71.8 Å². The fourth-order valence-electron chi connectivity index (χ4n) is 4.54. The van der Waals surface area contributed by atoms with Crippen molar-refractivity contribution >= 4 is 11.8 Å². The van der Waals surface area contributed by atoms with Crippen molar-refractivity contribution < 1.29 is 9.59 Å². The van der Waals surface area contributed by atoms with E-state index in [4.69, 9.17) is 0 Å². The number of nitrogens with one attached hydrogen (secondary N) is 2. The predicted octanol–water partition coefficient (Wildman–Crippen LogP) is 7.00. The van der Waals surface area contributed by atoms with Crippen LogP contribution in [0.15, 0.2) is 60.7 Å². The lowest BCUT2D eigenvalue weighted by atomic mass is 9.88. The molecule has 0 bridgehead atoms. The van der Waals surface area contributed by atoms with Crippen LogP contribution in [0.25, 0.3) is 0 Å². The van der Waals surface area contributed by atoms with E-state index in [0.29, 0.717) is 13.0 Å². The zero-order valence-corrected chi connectivity index (χ0v) is 22.1. The third-order valence-electron chi connectivity index (χ3n) is 6.96. The second kappa shape index (κ2) is 16.9. The molecular weight excluding hydrogens is 432 g/mol. The Morgan fingerprint density at radius 1 is 0.771 bits per heavy atom. The number of benzene rings is 2. The van der Waals surface area contributed by atoms with Crippen LogP contribution in [0.2, 0.25) is 0 Å². The Morgan fingerprint density at radius 2 is 1.31 bits per heavy atom. The normalized spacial score (nSPS) is 12.8. The second-order valence-electron chi connectivity index (χ2n) is 9.76. The van der Waals surface area contributed by atoms with E-state index in [9.17, 15) is 9.59 Å². The Bertz CT molecular complexity index is 798. The number of carbonyl (C=O) groups is 2. The summed E-state index contributed by atoms with van der Waals surface area (Å²) in [6.07, 6.45) is 10.4. The number of rotatable bonds is 17. The van der Waals surface area contributed by atoms with E-state index in [1.54, 1.807) is 0 Å². The average Bonchev–Trinajstić information content (AvgIpc) is 2.89. The summed E-state index contributed by atoms with van der Waals surface area (Å²) in [7, 11) is 0. The SMILES string of the molecule is CCCCCCCCCC(=O)NC(C(=O)NCCC(c1ccccc1)c1ccccc1)C(C)CC. The molecule has 0 aliphatic carbocycles. The summed E-state index contributed by atoms with van der Waals surface area (Å²) in [5.41, 5.74) is 2.49. The van der Waals surface area contributed by atoms with Crippen molar-refractivity contribution in [2.75, 3.05) is 6.54 Å². The van der Waals surface area contributed by atoms with Gasteiger partial charge in [0, 0.05) is 18.9 Å². The van der Waals surface area contributed by atoms with Gasteiger partial charge in [-0.2, -0.15) is 0 Å². The van der Waals surface area contributed by atoms with Gasteiger partial charge >= 0.3 is 0 Å². The molecule has 0 fully saturated rings. The first-order valence-corrected chi connectivity index (χ1v) is 13.7. The summed E-state index contributed by atoms with van der Waals surface area (Å²) in [6, 6.07) is 20.4. The Labute approximate surface area is 213 Å². The lowest BCUT2D eigenvalue weighted by Gasteiger charge is -2.24. The molecule has 2 unspecified atom stereocenters. The summed E-state index contributed by atoms with van der Waals surface area (Å²) in [6.45, 7) is 6.89. The first-order valence-electron chi connectivity index (χ1n) is 13.7. The highest BCUT2D eigenvalue weighted by Gasteiger charge is 2.26. The van der Waals surface area contributed by atoms with Gasteiger partial charge in [-0.3, -0.25) is 9.59 Å². The van der Waals surface area contributed by atoms with Gasteiger partial charge in [-0.15, -0.1) is 0 Å². The summed E-state index contributed by atoms with van der Waals surface area (Å²) in [5.74, 6) is 0.219. The van der Waals surface area contributed by atoms with Gasteiger partial charge in [0.25, 0.3) is 0 Å². The molecule has 2 N–H and O–H groups in total. The smallest absolute Gasteiger partial charge is 0.242 e. The minimum Gasteiger partial charge on any atom is -0.354 e. The Balaban J connectivity index is 1.86. The summed E-state index contributed by atoms with van der Waals surface area (Å²) < 4.78 is 0. The molecule has 0 radical (unpaired) electrons. The van der Waals surface area contributed by atoms with E-state index >= 15 is 0 Å². The molecule has 0 aliphatic rings. The highest BCUT2D eigenvalue weighted by Crippen LogP contribution is 2.27. The van der Waals surface area contributed by atoms with Crippen molar-refractivity contribution in [1.82, 2.24) is 10.6 Å². The molecule has 192 valence electrons. The first kappa shape index (κ1) is 28.6. The maximum atomic E-state index is 13.1. The predicted molar refractivity (Wildman–Crippen MR) is 146 cm³/mol. The van der Waals surface area contributed by atoms with E-state index in [1.165, 1.54) is 43.2 Å². The van der Waals surface area contributed by atoms with Crippen molar-refractivity contribution in [3.63, 3.8) is 0 Å². The molecule has 2 atom stereocenters. The maximum absolute atomic E-state index is 13.1. The van der Waals surface area contributed by atoms with Gasteiger partial charge in [0.1, 0.15) is 6.04 Å². The number of amides is 2. The van der Waals surface area contributed by atoms with Crippen LogP contribution in [0.3, 0.4) is 0 Å². The Morgan fingerprint density at radius 3 is 1.86 bits per heavy atom. The molecule has 4 heteroatoms. The van der Waals surface area contributed by atoms with E-state index in [0.717, 1.165) is 25.7 Å². The minimum absolute atomic E-state index is 0.00884. The van der Waals surface area contributed by atoms with Gasteiger partial charge in [-0.1, -0.05) is 126 Å². The monoisotopic (exact) mass is 478 g/mol. The summed E-state index contributed by atoms with van der Waals surface area (Å²) >= 11 is 0. The molecule has 0 aliphatic heterocycles. The first-order chi connectivity index (χ1) is 17.1. The molecule has 2 amide bonds. The average molecular weight is 479 g/mol. The van der Waals surface area contributed by atoms with Crippen molar-refractivity contribution in [2.45, 2.75) is 96.9 Å². The van der Waals surface area contributed by atoms with Gasteiger partial charge < -0.3 is 10.6 Å². The quantitative estimate of drug-likeness (QED) is 0.241. The summed E-state index contributed by atoms with van der Waals surface area (Å²) in [4.78, 5) is 25.7. The number of unbranched alkanes of at least 4 members (excludes halogenated alkanes) is 6. The molecule has 0 spiro atoms. The van der Waals surface area contributed by atoms with E-state index in [-0.39, 0.29) is 23.7 Å². The molecule has 35 heavy (non-hydrogen) atoms. The van der Waals surface area contributed by atoms with Gasteiger partial charge in [-0.05, 0) is 29.9 Å². The van der Waals surface area contributed by atoms with Gasteiger partial charge in [0.15, 0.2) is 0 Å². The molecule has 0 saturated carbocycles. The van der Waals surface area contributed by atoms with E-state index < -0.39 is 6.04 Å². The highest BCUT2D eigenvalue weighted by molar-refractivity contribution is 5.87. The lowest BCUT2D eigenvalue weighted by molar-refractivity contribution is -0.130. The largest absolute Gasteiger partial charge is 0.354 e. The summed E-state index contributed by atoms with van der Waals surface area (Å²) in [5, 5.41) is 6.14. The Kier molecular flexibility index (Phi) is 13.8. The minimum atomic E-state index is -0.482. The number of hydrogen-bond acceptors (Lipinski definition) is 2. The molecule has 2 aromatic rings. The molecule has 4 nitrogen and oxygen atoms in total. The van der Waals surface area contributed by atoms with Gasteiger partial charge in [0.2, 0.25) is 11.8 Å². The topological polar surface area (TPSA) is 58.2 Å². The van der Waals surface area contributed by atoms with Crippen LogP contribution in [0.4, 0.5) is 0 Å². The van der Waals surface area contributed by atoms with Crippen molar-refractivity contribution in [3.8, 4) is 0 Å². The fourth-order valence-corrected chi connectivity index (χ4v) is 4.54. The fraction of sp³-hybridized carbons (Fsp3) is 0.548. The molecule has 2 aromatic carbocycles. The van der Waals surface area contributed by atoms with Gasteiger partial charge in [-0.25, -0.2) is 0 Å². The van der Waals surface area contributed by atoms with Crippen LogP contribution in [-0.4, -0.2) is 24.4 Å². The third-order valence-corrected chi connectivity index (χ3v) is 6.96. The van der Waals surface area contributed by atoms with Crippen LogP contribution >= 0.6 is 0 Å². The molecule has 0 heterocycles. The molecule has 0 saturated heterocycles. The van der Waals surface area contributed by atoms with Crippen LogP contribution in [0.1, 0.15) is 102 Å². The van der Waals surface area contributed by atoms with Crippen molar-refractivity contribution in [2.24, 2.45) is 5.92 Å². The zero-order chi connectivity index (χ0) is 25.3. The van der Waals surface area contributed by atoms with Crippen LogP contribution in [0, 0.1) is 5.92 Å². The third kappa shape index (κ3) is 10.7. The number of carbonyl (C=O) groups excluding carboxylic acids is 2. The molecule has 2 rings (SSSR count). The Hall–Kier alpha value is -2.62. The lowest BCUT2D eigenvalue weighted by Crippen LogP contribution is -2.50. The van der Waals surface area contributed by atoms with Crippen LogP contribution in [-0.2, 0) is 9.59 Å².